The molecule has 0 aliphatic carbocycles. The van der Waals surface area contributed by atoms with E-state index in [4.69, 9.17) is 9.47 Å². The number of carbonyl (C=O) groups is 2. The van der Waals surface area contributed by atoms with E-state index in [0.29, 0.717) is 49.8 Å². The molecule has 2 aromatic carbocycles. The van der Waals surface area contributed by atoms with Gasteiger partial charge in [0.15, 0.2) is 5.96 Å². The number of amides is 2. The fourth-order valence-corrected chi connectivity index (χ4v) is 3.42. The molecule has 1 aliphatic heterocycles. The van der Waals surface area contributed by atoms with Crippen LogP contribution in [0.25, 0.3) is 0 Å². The van der Waals surface area contributed by atoms with Crippen LogP contribution in [0.4, 0.5) is 5.69 Å². The molecule has 3 rings (SSSR count). The van der Waals surface area contributed by atoms with Crippen LogP contribution in [0.5, 0.6) is 5.75 Å². The SMILES string of the molecule is CN=C(NCCCCN1C(=O)c2ccccc2C1=O)Nc1cccc(OCCCOC)c1. The van der Waals surface area contributed by atoms with Crippen LogP contribution in [0.15, 0.2) is 53.5 Å². The van der Waals surface area contributed by atoms with Crippen LogP contribution in [-0.4, -0.2) is 63.1 Å². The van der Waals surface area contributed by atoms with Crippen LogP contribution in [0.3, 0.4) is 0 Å². The van der Waals surface area contributed by atoms with Crippen LogP contribution in [0.2, 0.25) is 0 Å². The molecule has 8 heteroatoms. The first kappa shape index (κ1) is 23.3. The lowest BCUT2D eigenvalue weighted by molar-refractivity contribution is 0.0652. The number of anilines is 1. The van der Waals surface area contributed by atoms with Crippen LogP contribution >= 0.6 is 0 Å². The average molecular weight is 439 g/mol. The Bertz CT molecular complexity index is 926. The summed E-state index contributed by atoms with van der Waals surface area (Å²) in [7, 11) is 3.38. The first-order chi connectivity index (χ1) is 15.6. The Labute approximate surface area is 188 Å². The highest BCUT2D eigenvalue weighted by Gasteiger charge is 2.34. The summed E-state index contributed by atoms with van der Waals surface area (Å²) in [6.45, 7) is 2.33. The third kappa shape index (κ3) is 6.07. The predicted octanol–water partition coefficient (Wildman–Crippen LogP) is 3.17. The van der Waals surface area contributed by atoms with Gasteiger partial charge in [0.2, 0.25) is 0 Å². The highest BCUT2D eigenvalue weighted by atomic mass is 16.5. The zero-order chi connectivity index (χ0) is 22.8. The molecule has 0 atom stereocenters. The highest BCUT2D eigenvalue weighted by molar-refractivity contribution is 6.21. The second-order valence-electron chi connectivity index (χ2n) is 7.36. The maximum atomic E-state index is 12.4. The zero-order valence-corrected chi connectivity index (χ0v) is 18.6. The van der Waals surface area contributed by atoms with Crippen molar-refractivity contribution in [1.29, 1.82) is 0 Å². The summed E-state index contributed by atoms with van der Waals surface area (Å²) in [6, 6.07) is 14.6. The van der Waals surface area contributed by atoms with Gasteiger partial charge in [0, 0.05) is 52.0 Å². The molecule has 32 heavy (non-hydrogen) atoms. The third-order valence-electron chi connectivity index (χ3n) is 5.06. The van der Waals surface area contributed by atoms with E-state index in [1.807, 2.05) is 24.3 Å². The van der Waals surface area contributed by atoms with Crippen molar-refractivity contribution in [2.75, 3.05) is 45.8 Å². The molecular weight excluding hydrogens is 408 g/mol. The topological polar surface area (TPSA) is 92.3 Å². The largest absolute Gasteiger partial charge is 0.493 e. The Morgan fingerprint density at radius 1 is 0.969 bits per heavy atom. The van der Waals surface area contributed by atoms with E-state index in [1.165, 1.54) is 4.90 Å². The molecule has 0 radical (unpaired) electrons. The quantitative estimate of drug-likeness (QED) is 0.242. The summed E-state index contributed by atoms with van der Waals surface area (Å²) in [5.41, 5.74) is 1.85. The van der Waals surface area contributed by atoms with Crippen molar-refractivity contribution in [3.8, 4) is 5.75 Å². The van der Waals surface area contributed by atoms with Crippen molar-refractivity contribution in [2.24, 2.45) is 4.99 Å². The van der Waals surface area contributed by atoms with E-state index >= 15 is 0 Å². The second-order valence-corrected chi connectivity index (χ2v) is 7.36. The molecule has 0 unspecified atom stereocenters. The monoisotopic (exact) mass is 438 g/mol. The average Bonchev–Trinajstić information content (AvgIpc) is 3.06. The molecule has 170 valence electrons. The van der Waals surface area contributed by atoms with Crippen LogP contribution in [-0.2, 0) is 4.74 Å². The summed E-state index contributed by atoms with van der Waals surface area (Å²) in [5.74, 6) is 1.01. The summed E-state index contributed by atoms with van der Waals surface area (Å²) in [5, 5.41) is 6.50. The fraction of sp³-hybridized carbons (Fsp3) is 0.375. The number of guanidine groups is 1. The number of hydrogen-bond donors (Lipinski definition) is 2. The predicted molar refractivity (Wildman–Crippen MR) is 124 cm³/mol. The van der Waals surface area contributed by atoms with Crippen LogP contribution in [0, 0.1) is 0 Å². The molecule has 1 heterocycles. The first-order valence-electron chi connectivity index (χ1n) is 10.8. The maximum absolute atomic E-state index is 12.4. The molecule has 0 saturated heterocycles. The maximum Gasteiger partial charge on any atom is 0.261 e. The van der Waals surface area contributed by atoms with Gasteiger partial charge >= 0.3 is 0 Å². The van der Waals surface area contributed by atoms with E-state index in [0.717, 1.165) is 24.3 Å². The second kappa shape index (κ2) is 11.9. The Balaban J connectivity index is 1.39. The van der Waals surface area contributed by atoms with Gasteiger partial charge in [-0.1, -0.05) is 18.2 Å². The molecule has 0 saturated carbocycles. The number of carbonyl (C=O) groups excluding carboxylic acids is 2. The summed E-state index contributed by atoms with van der Waals surface area (Å²) in [4.78, 5) is 30.4. The van der Waals surface area contributed by atoms with E-state index in [2.05, 4.69) is 15.6 Å². The molecule has 0 bridgehead atoms. The molecule has 0 spiro atoms. The lowest BCUT2D eigenvalue weighted by atomic mass is 10.1. The third-order valence-corrected chi connectivity index (χ3v) is 5.06. The van der Waals surface area contributed by atoms with Gasteiger partial charge in [-0.2, -0.15) is 0 Å². The fourth-order valence-electron chi connectivity index (χ4n) is 3.42. The Hall–Kier alpha value is -3.39. The smallest absolute Gasteiger partial charge is 0.261 e. The van der Waals surface area contributed by atoms with Gasteiger partial charge in [-0.15, -0.1) is 0 Å². The molecule has 1 aliphatic rings. The number of methoxy groups -OCH3 is 1. The summed E-state index contributed by atoms with van der Waals surface area (Å²) in [6.07, 6.45) is 2.33. The Morgan fingerprint density at radius 2 is 1.72 bits per heavy atom. The molecular formula is C24H30N4O4. The number of nitrogens with zero attached hydrogens (tertiary/aromatic N) is 2. The Morgan fingerprint density at radius 3 is 2.41 bits per heavy atom. The number of nitrogens with one attached hydrogen (secondary N) is 2. The lowest BCUT2D eigenvalue weighted by Gasteiger charge is -2.15. The number of imide groups is 1. The van der Waals surface area contributed by atoms with Crippen molar-refractivity contribution >= 4 is 23.5 Å². The number of benzene rings is 2. The van der Waals surface area contributed by atoms with Crippen molar-refractivity contribution in [2.45, 2.75) is 19.3 Å². The van der Waals surface area contributed by atoms with Crippen molar-refractivity contribution < 1.29 is 19.1 Å². The lowest BCUT2D eigenvalue weighted by Crippen LogP contribution is -2.33. The van der Waals surface area contributed by atoms with Gasteiger partial charge < -0.3 is 20.1 Å². The van der Waals surface area contributed by atoms with E-state index in [9.17, 15) is 9.59 Å². The van der Waals surface area contributed by atoms with Crippen molar-refractivity contribution in [1.82, 2.24) is 10.2 Å². The molecule has 2 amide bonds. The minimum absolute atomic E-state index is 0.208. The standard InChI is InChI=1S/C24H30N4O4/c1-25-24(27-18-9-7-10-19(17-18)32-16-8-15-31-2)26-13-5-6-14-28-22(29)20-11-3-4-12-21(20)23(28)30/h3-4,7,9-12,17H,5-6,8,13-16H2,1-2H3,(H2,25,26,27). The molecule has 2 aromatic rings. The number of hydrogen-bond acceptors (Lipinski definition) is 5. The van der Waals surface area contributed by atoms with Crippen LogP contribution in [0.1, 0.15) is 40.0 Å². The van der Waals surface area contributed by atoms with Gasteiger partial charge in [0.1, 0.15) is 5.75 Å². The van der Waals surface area contributed by atoms with Gasteiger partial charge in [-0.3, -0.25) is 19.5 Å². The van der Waals surface area contributed by atoms with Gasteiger partial charge in [-0.25, -0.2) is 0 Å². The molecule has 0 aromatic heterocycles. The molecule has 2 N–H and O–H groups in total. The number of unbranched alkanes of at least 4 members (excludes halogenated alkanes) is 1. The van der Waals surface area contributed by atoms with Gasteiger partial charge in [0.25, 0.3) is 11.8 Å². The van der Waals surface area contributed by atoms with E-state index in [1.54, 1.807) is 38.4 Å². The summed E-state index contributed by atoms with van der Waals surface area (Å²) >= 11 is 0. The van der Waals surface area contributed by atoms with E-state index in [-0.39, 0.29) is 11.8 Å². The van der Waals surface area contributed by atoms with E-state index < -0.39 is 0 Å². The number of fused-ring (bicyclic) bond motifs is 1. The molecule has 8 nitrogen and oxygen atoms in total. The number of aliphatic imine (C=N–C) groups is 1. The van der Waals surface area contributed by atoms with Crippen molar-refractivity contribution in [3.05, 3.63) is 59.7 Å². The Kier molecular flexibility index (Phi) is 8.62. The molecule has 0 fully saturated rings. The van der Waals surface area contributed by atoms with Gasteiger partial charge in [0.05, 0.1) is 17.7 Å². The van der Waals surface area contributed by atoms with Gasteiger partial charge in [-0.05, 0) is 37.1 Å². The normalized spacial score (nSPS) is 13.3. The first-order valence-corrected chi connectivity index (χ1v) is 10.8. The van der Waals surface area contributed by atoms with Crippen LogP contribution < -0.4 is 15.4 Å². The highest BCUT2D eigenvalue weighted by Crippen LogP contribution is 2.22. The van der Waals surface area contributed by atoms with Crippen molar-refractivity contribution in [3.63, 3.8) is 0 Å². The minimum Gasteiger partial charge on any atom is -0.493 e. The number of ether oxygens (including phenoxy) is 2. The zero-order valence-electron chi connectivity index (χ0n) is 18.6. The minimum atomic E-state index is -0.208. The number of rotatable bonds is 11. The summed E-state index contributed by atoms with van der Waals surface area (Å²) < 4.78 is 10.8.